The molecule has 2 aromatic carbocycles. The van der Waals surface area contributed by atoms with Gasteiger partial charge in [0.25, 0.3) is 5.91 Å². The molecular weight excluding hydrogens is 1080 g/mol. The number of benzene rings is 2. The molecule has 2 aliphatic heterocycles. The first-order valence-electron chi connectivity index (χ1n) is 25.0. The number of alkyl carbamates (subject to hydrolysis) is 2. The zero-order valence-corrected chi connectivity index (χ0v) is 44.9. The number of ether oxygens (including phenoxy) is 2. The second kappa shape index (κ2) is 26.4. The lowest BCUT2D eigenvalue weighted by atomic mass is 9.82. The van der Waals surface area contributed by atoms with Crippen molar-refractivity contribution in [2.24, 2.45) is 21.6 Å². The molecule has 7 N–H and O–H groups in total. The summed E-state index contributed by atoms with van der Waals surface area (Å²) in [5, 5.41) is 18.4. The second-order valence-corrected chi connectivity index (χ2v) is 20.6. The molecule has 2 aliphatic rings. The van der Waals surface area contributed by atoms with E-state index in [-0.39, 0.29) is 5.56 Å². The van der Waals surface area contributed by atoms with Gasteiger partial charge in [-0.25, -0.2) is 33.4 Å². The van der Waals surface area contributed by atoms with Crippen LogP contribution in [-0.2, 0) is 32.0 Å². The highest BCUT2D eigenvalue weighted by molar-refractivity contribution is 6.09. The number of carbonyl (C=O) groups excluding carboxylic acids is 4. The van der Waals surface area contributed by atoms with E-state index in [1.807, 2.05) is 22.9 Å². The number of hydrogen-bond donors (Lipinski definition) is 6. The fourth-order valence-corrected chi connectivity index (χ4v) is 9.30. The first-order valence-corrected chi connectivity index (χ1v) is 25.0. The summed E-state index contributed by atoms with van der Waals surface area (Å²) in [5.74, 6) is 0.671. The highest BCUT2D eigenvalue weighted by atomic mass is 19.4. The Morgan fingerprint density at radius 2 is 1.34 bits per heavy atom. The molecule has 0 spiro atoms. The lowest BCUT2D eigenvalue weighted by molar-refractivity contribution is -0.221. The Balaban J connectivity index is 1.52. The molecule has 3 heterocycles. The standard InChI is InChI=1S/C53H64F10N10O7/c1-29(2)73-35-16-17-36(73)26-71(25-35)42-18-15-32(23-65-42)14-11-30-9-12-31(13-10-30)19-40(67-45(75)43(68-48(77)79-7)50(3,4)52(58,59)60)41(74)28-72(70-46(76)44(69-49(78)80-8)51(5,6)53(61,62)63)27-37-38(54)20-33(21-39(37)55)34(22-64)24-66-47(56)57/h9-10,12-13,15,18,20-24,29,35-36,40-41,43-44,47,74H,16-17,19,25-28,64H2,1-8H3,(H,67,75)(H,68,77)(H,69,78)(H,70,76)/b34-22+,66-24+/t35?,36?,40-,41-,43+,44+/m0/s1. The molecule has 2 fully saturated rings. The molecule has 2 unspecified atom stereocenters. The Bertz CT molecular complexity index is 2750. The van der Waals surface area contributed by atoms with E-state index in [4.69, 9.17) is 5.73 Å². The number of carbonyl (C=O) groups is 4. The number of hydrazine groups is 1. The van der Waals surface area contributed by atoms with Crippen LogP contribution >= 0.6 is 0 Å². The summed E-state index contributed by atoms with van der Waals surface area (Å²) < 4.78 is 154. The SMILES string of the molecule is COC(=O)N[C@H](C(=O)N[C@@H](Cc1ccc(C#Cc2ccc(N3CC4CCC(C3)N4C(C)C)nc2)cc1)[C@@H](O)CN(Cc1c(F)cc(C(=C/N)/C=N/C(F)F)cc1F)NC(=O)[C@@H](NC(=O)OC)C(C)(C)C(F)(F)F)C(C)(C)C(F)(F)F. The predicted molar refractivity (Wildman–Crippen MR) is 274 cm³/mol. The number of anilines is 1. The molecule has 4 amide bonds. The quantitative estimate of drug-likeness (QED) is 0.0223. The second-order valence-electron chi connectivity index (χ2n) is 20.6. The van der Waals surface area contributed by atoms with Crippen LogP contribution in [0.1, 0.15) is 82.2 Å². The van der Waals surface area contributed by atoms with Crippen molar-refractivity contribution in [3.63, 3.8) is 0 Å². The molecule has 0 aliphatic carbocycles. The number of aliphatic imine (C=N–C) groups is 1. The average Bonchev–Trinajstić information content (AvgIpc) is 3.81. The van der Waals surface area contributed by atoms with Crippen LogP contribution in [0.3, 0.4) is 0 Å². The highest BCUT2D eigenvalue weighted by Crippen LogP contribution is 2.42. The summed E-state index contributed by atoms with van der Waals surface area (Å²) in [6.07, 6.45) is -11.0. The summed E-state index contributed by atoms with van der Waals surface area (Å²) in [4.78, 5) is 65.1. The van der Waals surface area contributed by atoms with E-state index in [1.54, 1.807) is 11.5 Å². The number of nitrogens with zero attached hydrogens (tertiary/aromatic N) is 5. The van der Waals surface area contributed by atoms with Gasteiger partial charge in [-0.1, -0.05) is 24.0 Å². The Morgan fingerprint density at radius 1 is 0.825 bits per heavy atom. The van der Waals surface area contributed by atoms with Crippen molar-refractivity contribution < 1.29 is 77.7 Å². The topological polar surface area (TPSA) is 216 Å². The number of aliphatic hydroxyl groups excluding tert-OH is 1. The van der Waals surface area contributed by atoms with Gasteiger partial charge in [-0.15, -0.1) is 0 Å². The zero-order valence-electron chi connectivity index (χ0n) is 44.9. The van der Waals surface area contributed by atoms with Gasteiger partial charge in [0.2, 0.25) is 5.91 Å². The van der Waals surface area contributed by atoms with Gasteiger partial charge in [0.1, 0.15) is 29.5 Å². The molecule has 5 rings (SSSR count). The molecular formula is C53H64F10N10O7. The fourth-order valence-electron chi connectivity index (χ4n) is 9.30. The monoisotopic (exact) mass is 1140 g/mol. The minimum Gasteiger partial charge on any atom is -0.453 e. The van der Waals surface area contributed by atoms with Crippen molar-refractivity contribution in [1.29, 1.82) is 0 Å². The van der Waals surface area contributed by atoms with Crippen LogP contribution in [0.15, 0.2) is 65.9 Å². The van der Waals surface area contributed by atoms with Crippen LogP contribution < -0.4 is 32.0 Å². The molecule has 0 radical (unpaired) electrons. The third kappa shape index (κ3) is 15.8. The molecule has 2 bridgehead atoms. The van der Waals surface area contributed by atoms with Crippen molar-refractivity contribution in [1.82, 2.24) is 36.3 Å². The summed E-state index contributed by atoms with van der Waals surface area (Å²) in [6, 6.07) is 5.47. The normalized spacial score (nSPS) is 17.9. The molecule has 438 valence electrons. The lowest BCUT2D eigenvalue weighted by Crippen LogP contribution is -2.63. The highest BCUT2D eigenvalue weighted by Gasteiger charge is 2.57. The van der Waals surface area contributed by atoms with E-state index in [9.17, 15) is 59.4 Å². The van der Waals surface area contributed by atoms with Crippen LogP contribution in [0.5, 0.6) is 0 Å². The Hall–Kier alpha value is -7.18. The molecule has 17 nitrogen and oxygen atoms in total. The Kier molecular flexibility index (Phi) is 21.0. The summed E-state index contributed by atoms with van der Waals surface area (Å²) in [6.45, 7) is 2.77. The van der Waals surface area contributed by atoms with E-state index in [1.165, 1.54) is 24.3 Å². The molecule has 2 saturated heterocycles. The summed E-state index contributed by atoms with van der Waals surface area (Å²) in [5.41, 5.74) is 0.839. The molecule has 6 atom stereocenters. The first kappa shape index (κ1) is 63.6. The largest absolute Gasteiger partial charge is 0.453 e. The van der Waals surface area contributed by atoms with Gasteiger partial charge in [0, 0.05) is 85.2 Å². The number of pyridine rings is 1. The molecule has 3 aromatic rings. The molecule has 80 heavy (non-hydrogen) atoms. The fraction of sp³-hybridized carbons (Fsp3) is 0.509. The number of halogens is 10. The number of nitrogens with one attached hydrogen (secondary N) is 4. The van der Waals surface area contributed by atoms with E-state index >= 15 is 8.78 Å². The Morgan fingerprint density at radius 3 is 1.80 bits per heavy atom. The van der Waals surface area contributed by atoms with E-state index in [0.717, 1.165) is 46.0 Å². The van der Waals surface area contributed by atoms with Crippen LogP contribution in [0.25, 0.3) is 5.57 Å². The van der Waals surface area contributed by atoms with Crippen LogP contribution in [-0.4, -0.2) is 145 Å². The number of methoxy groups -OCH3 is 2. The number of nitrogens with two attached hydrogens (primary N) is 1. The van der Waals surface area contributed by atoms with Crippen molar-refractivity contribution in [2.75, 3.05) is 38.8 Å². The molecule has 27 heteroatoms. The smallest absolute Gasteiger partial charge is 0.407 e. The van der Waals surface area contributed by atoms with Crippen molar-refractivity contribution >= 4 is 41.6 Å². The average molecular weight is 1140 g/mol. The number of alkyl halides is 8. The minimum atomic E-state index is -5.24. The molecule has 0 saturated carbocycles. The lowest BCUT2D eigenvalue weighted by Gasteiger charge is -2.43. The zero-order chi connectivity index (χ0) is 59.7. The van der Waals surface area contributed by atoms with Crippen molar-refractivity contribution in [3.8, 4) is 11.8 Å². The Labute approximate surface area is 455 Å². The number of piperazine rings is 1. The van der Waals surface area contributed by atoms with Gasteiger partial charge in [0.15, 0.2) is 0 Å². The van der Waals surface area contributed by atoms with Crippen LogP contribution in [0, 0.1) is 34.3 Å². The minimum absolute atomic E-state index is 0.265. The van der Waals surface area contributed by atoms with Gasteiger partial charge in [-0.2, -0.15) is 35.1 Å². The van der Waals surface area contributed by atoms with Crippen molar-refractivity contribution in [2.45, 2.75) is 129 Å². The van der Waals surface area contributed by atoms with E-state index < -0.39 is 126 Å². The van der Waals surface area contributed by atoms with Crippen LogP contribution in [0.4, 0.5) is 59.3 Å². The van der Waals surface area contributed by atoms with Gasteiger partial charge < -0.3 is 41.2 Å². The van der Waals surface area contributed by atoms with Crippen LogP contribution in [0.2, 0.25) is 0 Å². The maximum Gasteiger partial charge on any atom is 0.407 e. The van der Waals surface area contributed by atoms with E-state index in [2.05, 4.69) is 60.3 Å². The first-order chi connectivity index (χ1) is 37.3. The van der Waals surface area contributed by atoms with Crippen molar-refractivity contribution in [3.05, 3.63) is 100 Å². The number of aromatic nitrogens is 1. The summed E-state index contributed by atoms with van der Waals surface area (Å²) in [7, 11) is 1.59. The van der Waals surface area contributed by atoms with Gasteiger partial charge in [-0.05, 0) is 108 Å². The number of hydrogen-bond acceptors (Lipinski definition) is 13. The predicted octanol–water partition coefficient (Wildman–Crippen LogP) is 6.96. The third-order valence-corrected chi connectivity index (χ3v) is 14.1. The number of fused-ring (bicyclic) bond motifs is 2. The maximum absolute atomic E-state index is 16.0. The number of allylic oxidation sites excluding steroid dienone is 1. The number of aliphatic hydroxyl groups is 1. The van der Waals surface area contributed by atoms with E-state index in [0.29, 0.717) is 86.5 Å². The van der Waals surface area contributed by atoms with Gasteiger partial charge in [-0.3, -0.25) is 19.9 Å². The summed E-state index contributed by atoms with van der Waals surface area (Å²) >= 11 is 0. The number of rotatable bonds is 20. The maximum atomic E-state index is 16.0. The van der Waals surface area contributed by atoms with Gasteiger partial charge in [0.05, 0.1) is 37.2 Å². The van der Waals surface area contributed by atoms with Gasteiger partial charge >= 0.3 is 31.1 Å². The number of amides is 4. The third-order valence-electron chi connectivity index (χ3n) is 14.1. The molecule has 1 aromatic heterocycles.